The van der Waals surface area contributed by atoms with Crippen LogP contribution in [0.1, 0.15) is 5.56 Å². The smallest absolute Gasteiger partial charge is 0.319 e. The van der Waals surface area contributed by atoms with Gasteiger partial charge in [0, 0.05) is 12.2 Å². The van der Waals surface area contributed by atoms with Crippen LogP contribution in [0.15, 0.2) is 59.5 Å². The zero-order valence-corrected chi connectivity index (χ0v) is 11.8. The lowest BCUT2D eigenvalue weighted by Crippen LogP contribution is -2.28. The standard InChI is InChI=1S/C14H14N2O4S/c17-14(15-10-11-4-2-1-3-5-11)16-12-6-8-13(9-7-12)21(18,19)20/h1-9H,10H2,(H2,15,16,17)(H,18,19,20). The predicted octanol–water partition coefficient (Wildman–Crippen LogP) is 2.25. The molecule has 2 amide bonds. The minimum absolute atomic E-state index is 0.224. The largest absolute Gasteiger partial charge is 0.334 e. The van der Waals surface area contributed by atoms with E-state index in [1.54, 1.807) is 0 Å². The highest BCUT2D eigenvalue weighted by Gasteiger charge is 2.09. The molecule has 0 aliphatic heterocycles. The Morgan fingerprint density at radius 1 is 1.00 bits per heavy atom. The van der Waals surface area contributed by atoms with E-state index in [-0.39, 0.29) is 4.90 Å². The molecular formula is C14H14N2O4S. The SMILES string of the molecule is O=C(NCc1ccccc1)Nc1ccc(S(=O)(=O)O)cc1. The lowest BCUT2D eigenvalue weighted by molar-refractivity contribution is 0.251. The van der Waals surface area contributed by atoms with Gasteiger partial charge in [0.05, 0.1) is 4.90 Å². The quantitative estimate of drug-likeness (QED) is 0.755. The molecule has 0 aromatic heterocycles. The third-order valence-electron chi connectivity index (χ3n) is 2.71. The minimum Gasteiger partial charge on any atom is -0.334 e. The number of urea groups is 1. The van der Waals surface area contributed by atoms with Crippen LogP contribution in [0.4, 0.5) is 10.5 Å². The molecule has 0 fully saturated rings. The summed E-state index contributed by atoms with van der Waals surface area (Å²) < 4.78 is 30.6. The van der Waals surface area contributed by atoms with Crippen LogP contribution in [0.3, 0.4) is 0 Å². The summed E-state index contributed by atoms with van der Waals surface area (Å²) in [7, 11) is -4.22. The fourth-order valence-corrected chi connectivity index (χ4v) is 2.14. The van der Waals surface area contributed by atoms with Crippen LogP contribution < -0.4 is 10.6 Å². The van der Waals surface area contributed by atoms with Gasteiger partial charge in [-0.05, 0) is 29.8 Å². The van der Waals surface area contributed by atoms with E-state index < -0.39 is 16.1 Å². The Morgan fingerprint density at radius 3 is 2.19 bits per heavy atom. The van der Waals surface area contributed by atoms with Gasteiger partial charge >= 0.3 is 6.03 Å². The number of hydrogen-bond acceptors (Lipinski definition) is 3. The van der Waals surface area contributed by atoms with Crippen molar-refractivity contribution in [1.82, 2.24) is 5.32 Å². The molecule has 7 heteroatoms. The van der Waals surface area contributed by atoms with E-state index in [0.717, 1.165) is 5.56 Å². The molecule has 0 spiro atoms. The highest BCUT2D eigenvalue weighted by atomic mass is 32.2. The van der Waals surface area contributed by atoms with Crippen LogP contribution in [0, 0.1) is 0 Å². The third kappa shape index (κ3) is 4.59. The number of carbonyl (C=O) groups excluding carboxylic acids is 1. The van der Waals surface area contributed by atoms with Crippen molar-refractivity contribution in [3.05, 3.63) is 60.2 Å². The molecule has 6 nitrogen and oxygen atoms in total. The number of nitrogens with one attached hydrogen (secondary N) is 2. The second kappa shape index (κ2) is 6.38. The summed E-state index contributed by atoms with van der Waals surface area (Å²) in [5, 5.41) is 5.24. The number of amides is 2. The molecule has 0 saturated heterocycles. The molecule has 21 heavy (non-hydrogen) atoms. The monoisotopic (exact) mass is 306 g/mol. The summed E-state index contributed by atoms with van der Waals surface area (Å²) >= 11 is 0. The fourth-order valence-electron chi connectivity index (χ4n) is 1.66. The maximum Gasteiger partial charge on any atom is 0.319 e. The van der Waals surface area contributed by atoms with Crippen molar-refractivity contribution in [3.63, 3.8) is 0 Å². The van der Waals surface area contributed by atoms with Crippen LogP contribution in [0.5, 0.6) is 0 Å². The van der Waals surface area contributed by atoms with Crippen LogP contribution in [-0.2, 0) is 16.7 Å². The minimum atomic E-state index is -4.22. The van der Waals surface area contributed by atoms with Crippen molar-refractivity contribution < 1.29 is 17.8 Å². The lowest BCUT2D eigenvalue weighted by Gasteiger charge is -2.08. The Labute approximate surface area is 122 Å². The van der Waals surface area contributed by atoms with Crippen LogP contribution in [0.25, 0.3) is 0 Å². The number of anilines is 1. The molecule has 0 atom stereocenters. The van der Waals surface area contributed by atoms with Gasteiger partial charge in [0.15, 0.2) is 0 Å². The summed E-state index contributed by atoms with van der Waals surface area (Å²) in [4.78, 5) is 11.5. The highest BCUT2D eigenvalue weighted by molar-refractivity contribution is 7.85. The van der Waals surface area contributed by atoms with Crippen molar-refractivity contribution in [1.29, 1.82) is 0 Å². The molecule has 3 N–H and O–H groups in total. The summed E-state index contributed by atoms with van der Waals surface area (Å²) in [5.41, 5.74) is 1.39. The highest BCUT2D eigenvalue weighted by Crippen LogP contribution is 2.13. The zero-order valence-electron chi connectivity index (χ0n) is 11.0. The first-order valence-corrected chi connectivity index (χ1v) is 7.55. The van der Waals surface area contributed by atoms with E-state index in [1.807, 2.05) is 30.3 Å². The fraction of sp³-hybridized carbons (Fsp3) is 0.0714. The Bertz CT molecular complexity index is 712. The van der Waals surface area contributed by atoms with Gasteiger partial charge in [-0.2, -0.15) is 8.42 Å². The van der Waals surface area contributed by atoms with Gasteiger partial charge in [-0.1, -0.05) is 30.3 Å². The van der Waals surface area contributed by atoms with E-state index in [9.17, 15) is 13.2 Å². The van der Waals surface area contributed by atoms with Crippen molar-refractivity contribution in [2.75, 3.05) is 5.32 Å². The zero-order chi connectivity index (χ0) is 15.3. The van der Waals surface area contributed by atoms with Crippen molar-refractivity contribution in [3.8, 4) is 0 Å². The molecule has 0 bridgehead atoms. The van der Waals surface area contributed by atoms with Crippen LogP contribution >= 0.6 is 0 Å². The second-order valence-electron chi connectivity index (χ2n) is 4.29. The molecule has 0 unspecified atom stereocenters. The maximum atomic E-state index is 11.7. The Kier molecular flexibility index (Phi) is 4.56. The van der Waals surface area contributed by atoms with E-state index >= 15 is 0 Å². The summed E-state index contributed by atoms with van der Waals surface area (Å²) in [5.74, 6) is 0. The Morgan fingerprint density at radius 2 is 1.62 bits per heavy atom. The second-order valence-corrected chi connectivity index (χ2v) is 5.71. The average Bonchev–Trinajstić information content (AvgIpc) is 2.46. The van der Waals surface area contributed by atoms with Gasteiger partial charge in [0.25, 0.3) is 10.1 Å². The van der Waals surface area contributed by atoms with E-state index in [4.69, 9.17) is 4.55 Å². The van der Waals surface area contributed by atoms with E-state index in [1.165, 1.54) is 24.3 Å². The first-order valence-electron chi connectivity index (χ1n) is 6.11. The summed E-state index contributed by atoms with van der Waals surface area (Å²) in [6, 6.07) is 14.2. The van der Waals surface area contributed by atoms with Crippen molar-refractivity contribution in [2.45, 2.75) is 11.4 Å². The molecule has 2 aromatic rings. The molecule has 0 aliphatic carbocycles. The lowest BCUT2D eigenvalue weighted by atomic mass is 10.2. The number of carbonyl (C=O) groups is 1. The van der Waals surface area contributed by atoms with Gasteiger partial charge in [-0.25, -0.2) is 4.79 Å². The Hall–Kier alpha value is -2.38. The van der Waals surface area contributed by atoms with Gasteiger partial charge < -0.3 is 10.6 Å². The molecule has 0 radical (unpaired) electrons. The molecule has 0 heterocycles. The number of benzene rings is 2. The molecule has 110 valence electrons. The number of rotatable bonds is 4. The summed E-state index contributed by atoms with van der Waals surface area (Å²) in [6.45, 7) is 0.385. The molecule has 0 saturated carbocycles. The molecular weight excluding hydrogens is 292 g/mol. The molecule has 2 aromatic carbocycles. The van der Waals surface area contributed by atoms with Gasteiger partial charge in [0.1, 0.15) is 0 Å². The molecule has 0 aliphatic rings. The normalized spacial score (nSPS) is 10.9. The third-order valence-corrected chi connectivity index (χ3v) is 3.57. The first-order chi connectivity index (χ1) is 9.95. The molecule has 2 rings (SSSR count). The average molecular weight is 306 g/mol. The van der Waals surface area contributed by atoms with Crippen LogP contribution in [0.2, 0.25) is 0 Å². The maximum absolute atomic E-state index is 11.7. The Balaban J connectivity index is 1.91. The van der Waals surface area contributed by atoms with Gasteiger partial charge in [0.2, 0.25) is 0 Å². The topological polar surface area (TPSA) is 95.5 Å². The number of hydrogen-bond donors (Lipinski definition) is 3. The summed E-state index contributed by atoms with van der Waals surface area (Å²) in [6.07, 6.45) is 0. The van der Waals surface area contributed by atoms with E-state index in [2.05, 4.69) is 10.6 Å². The van der Waals surface area contributed by atoms with Gasteiger partial charge in [-0.15, -0.1) is 0 Å². The predicted molar refractivity (Wildman–Crippen MR) is 78.6 cm³/mol. The van der Waals surface area contributed by atoms with Crippen LogP contribution in [-0.4, -0.2) is 19.0 Å². The van der Waals surface area contributed by atoms with Gasteiger partial charge in [-0.3, -0.25) is 4.55 Å². The van der Waals surface area contributed by atoms with E-state index in [0.29, 0.717) is 12.2 Å². The first kappa shape index (κ1) is 15.0. The van der Waals surface area contributed by atoms with Crippen molar-refractivity contribution in [2.24, 2.45) is 0 Å². The van der Waals surface area contributed by atoms with Crippen molar-refractivity contribution >= 4 is 21.8 Å².